The van der Waals surface area contributed by atoms with Crippen molar-refractivity contribution in [3.63, 3.8) is 0 Å². The van der Waals surface area contributed by atoms with Gasteiger partial charge in [0.05, 0.1) is 5.52 Å². The summed E-state index contributed by atoms with van der Waals surface area (Å²) in [7, 11) is 0. The highest BCUT2D eigenvalue weighted by Gasteiger charge is 2.05. The molecule has 0 saturated heterocycles. The Morgan fingerprint density at radius 1 is 0.889 bits per heavy atom. The molecule has 1 N–H and O–H groups in total. The van der Waals surface area contributed by atoms with Crippen LogP contribution in [-0.4, -0.2) is 15.0 Å². The second kappa shape index (κ2) is 4.58. The van der Waals surface area contributed by atoms with Crippen molar-refractivity contribution in [2.75, 3.05) is 5.32 Å². The smallest absolute Gasteiger partial charge is 0.171 e. The molecule has 0 aliphatic heterocycles. The minimum Gasteiger partial charge on any atom is -0.337 e. The van der Waals surface area contributed by atoms with Gasteiger partial charge in [-0.15, -0.1) is 0 Å². The quantitative estimate of drug-likeness (QED) is 0.763. The predicted octanol–water partition coefficient (Wildman–Crippen LogP) is 3.42. The number of nitrogens with one attached hydrogen (secondary N) is 1. The normalized spacial score (nSPS) is 10.5. The fourth-order valence-electron chi connectivity index (χ4n) is 1.74. The summed E-state index contributed by atoms with van der Waals surface area (Å²) in [5, 5.41) is 4.53. The van der Waals surface area contributed by atoms with Gasteiger partial charge in [-0.3, -0.25) is 4.98 Å². The zero-order chi connectivity index (χ0) is 12.4. The zero-order valence-electron chi connectivity index (χ0n) is 9.34. The van der Waals surface area contributed by atoms with Gasteiger partial charge < -0.3 is 5.32 Å². The molecule has 2 aromatic heterocycles. The van der Waals surface area contributed by atoms with Gasteiger partial charge in [-0.2, -0.15) is 0 Å². The molecular formula is C13H9ClN4. The molecule has 0 fully saturated rings. The molecule has 0 radical (unpaired) electrons. The maximum Gasteiger partial charge on any atom is 0.171 e. The molecule has 18 heavy (non-hydrogen) atoms. The Morgan fingerprint density at radius 3 is 2.67 bits per heavy atom. The van der Waals surface area contributed by atoms with Crippen LogP contribution in [0.1, 0.15) is 0 Å². The predicted molar refractivity (Wildman–Crippen MR) is 72.1 cm³/mol. The molecule has 3 rings (SSSR count). The van der Waals surface area contributed by atoms with Crippen molar-refractivity contribution in [2.45, 2.75) is 0 Å². The average Bonchev–Trinajstić information content (AvgIpc) is 2.42. The third-order valence-electron chi connectivity index (χ3n) is 2.55. The first-order valence-electron chi connectivity index (χ1n) is 5.42. The molecule has 0 aliphatic carbocycles. The molecule has 0 bridgehead atoms. The van der Waals surface area contributed by atoms with Crippen LogP contribution < -0.4 is 5.32 Å². The number of hydrogen-bond donors (Lipinski definition) is 1. The minimum atomic E-state index is 0.346. The Bertz CT molecular complexity index is 694. The molecular weight excluding hydrogens is 248 g/mol. The minimum absolute atomic E-state index is 0.346. The van der Waals surface area contributed by atoms with Crippen LogP contribution in [0, 0.1) is 0 Å². The van der Waals surface area contributed by atoms with Gasteiger partial charge in [0.1, 0.15) is 0 Å². The van der Waals surface area contributed by atoms with Crippen molar-refractivity contribution < 1.29 is 0 Å². The van der Waals surface area contributed by atoms with Gasteiger partial charge in [-0.1, -0.05) is 17.7 Å². The maximum atomic E-state index is 5.97. The fraction of sp³-hybridized carbons (Fsp3) is 0. The van der Waals surface area contributed by atoms with Crippen LogP contribution in [0.25, 0.3) is 10.9 Å². The first-order valence-corrected chi connectivity index (χ1v) is 5.80. The van der Waals surface area contributed by atoms with E-state index in [0.29, 0.717) is 11.0 Å². The summed E-state index contributed by atoms with van der Waals surface area (Å²) in [4.78, 5) is 12.4. The van der Waals surface area contributed by atoms with E-state index in [2.05, 4.69) is 20.3 Å². The first kappa shape index (κ1) is 10.9. The van der Waals surface area contributed by atoms with Crippen LogP contribution in [0.4, 0.5) is 11.5 Å². The number of nitrogens with zero attached hydrogens (tertiary/aromatic N) is 3. The van der Waals surface area contributed by atoms with E-state index >= 15 is 0 Å². The van der Waals surface area contributed by atoms with Gasteiger partial charge in [-0.25, -0.2) is 9.97 Å². The maximum absolute atomic E-state index is 5.97. The number of aromatic nitrogens is 3. The highest BCUT2D eigenvalue weighted by Crippen LogP contribution is 2.26. The summed E-state index contributed by atoms with van der Waals surface area (Å²) in [5.41, 5.74) is 1.82. The van der Waals surface area contributed by atoms with E-state index in [1.165, 1.54) is 0 Å². The largest absolute Gasteiger partial charge is 0.337 e. The number of halogens is 1. The molecule has 0 spiro atoms. The molecule has 5 heteroatoms. The van der Waals surface area contributed by atoms with Crippen molar-refractivity contribution in [1.82, 2.24) is 15.0 Å². The van der Waals surface area contributed by atoms with Crippen molar-refractivity contribution in [2.24, 2.45) is 0 Å². The van der Waals surface area contributed by atoms with Crippen molar-refractivity contribution >= 4 is 34.0 Å². The van der Waals surface area contributed by atoms with Gasteiger partial charge >= 0.3 is 0 Å². The van der Waals surface area contributed by atoms with E-state index in [4.69, 9.17) is 11.6 Å². The van der Waals surface area contributed by atoms with Crippen molar-refractivity contribution in [3.8, 4) is 0 Å². The Morgan fingerprint density at radius 2 is 1.78 bits per heavy atom. The SMILES string of the molecule is Clc1nccnc1Nc1cccc2ncccc12. The van der Waals surface area contributed by atoms with Gasteiger partial charge in [0.25, 0.3) is 0 Å². The Hall–Kier alpha value is -2.20. The lowest BCUT2D eigenvalue weighted by molar-refractivity contribution is 1.20. The van der Waals surface area contributed by atoms with E-state index in [0.717, 1.165) is 16.6 Å². The van der Waals surface area contributed by atoms with Gasteiger partial charge in [0.2, 0.25) is 0 Å². The molecule has 1 aromatic carbocycles. The standard InChI is InChI=1S/C13H9ClN4/c14-12-13(17-8-7-16-12)18-11-5-1-4-10-9(11)3-2-6-15-10/h1-8H,(H,17,18). The Kier molecular flexibility index (Phi) is 2.78. The Labute approximate surface area is 109 Å². The third-order valence-corrected chi connectivity index (χ3v) is 2.83. The van der Waals surface area contributed by atoms with E-state index < -0.39 is 0 Å². The van der Waals surface area contributed by atoms with Crippen LogP contribution in [0.5, 0.6) is 0 Å². The van der Waals surface area contributed by atoms with Gasteiger partial charge in [0.15, 0.2) is 11.0 Å². The second-order valence-corrected chi connectivity index (χ2v) is 4.05. The molecule has 3 aromatic rings. The summed E-state index contributed by atoms with van der Waals surface area (Å²) in [5.74, 6) is 0.538. The second-order valence-electron chi connectivity index (χ2n) is 3.70. The molecule has 2 heterocycles. The topological polar surface area (TPSA) is 50.7 Å². The van der Waals surface area contributed by atoms with Crippen LogP contribution in [-0.2, 0) is 0 Å². The lowest BCUT2D eigenvalue weighted by Crippen LogP contribution is -1.96. The summed E-state index contributed by atoms with van der Waals surface area (Å²) in [6.07, 6.45) is 4.91. The van der Waals surface area contributed by atoms with Crippen molar-refractivity contribution in [3.05, 3.63) is 54.1 Å². The summed E-state index contributed by atoms with van der Waals surface area (Å²) >= 11 is 5.97. The molecule has 0 saturated carbocycles. The van der Waals surface area contributed by atoms with Gasteiger partial charge in [-0.05, 0) is 24.3 Å². The number of fused-ring (bicyclic) bond motifs is 1. The number of rotatable bonds is 2. The fourth-order valence-corrected chi connectivity index (χ4v) is 1.90. The molecule has 0 amide bonds. The monoisotopic (exact) mass is 256 g/mol. The molecule has 0 aliphatic rings. The number of pyridine rings is 1. The highest BCUT2D eigenvalue weighted by molar-refractivity contribution is 6.31. The van der Waals surface area contributed by atoms with Crippen LogP contribution in [0.15, 0.2) is 48.9 Å². The molecule has 88 valence electrons. The lowest BCUT2D eigenvalue weighted by atomic mass is 10.2. The van der Waals surface area contributed by atoms with Gasteiger partial charge in [0, 0.05) is 29.7 Å². The summed E-state index contributed by atoms with van der Waals surface area (Å²) in [6.45, 7) is 0. The average molecular weight is 257 g/mol. The third kappa shape index (κ3) is 1.98. The summed E-state index contributed by atoms with van der Waals surface area (Å²) in [6, 6.07) is 9.73. The van der Waals surface area contributed by atoms with Crippen molar-refractivity contribution in [1.29, 1.82) is 0 Å². The number of benzene rings is 1. The molecule has 4 nitrogen and oxygen atoms in total. The number of hydrogen-bond acceptors (Lipinski definition) is 4. The van der Waals surface area contributed by atoms with Crippen LogP contribution >= 0.6 is 11.6 Å². The zero-order valence-corrected chi connectivity index (χ0v) is 10.1. The first-order chi connectivity index (χ1) is 8.84. The van der Waals surface area contributed by atoms with Crippen LogP contribution in [0.2, 0.25) is 5.15 Å². The van der Waals surface area contributed by atoms with E-state index in [1.54, 1.807) is 18.6 Å². The van der Waals surface area contributed by atoms with E-state index in [1.807, 2.05) is 30.3 Å². The Balaban J connectivity index is 2.08. The lowest BCUT2D eigenvalue weighted by Gasteiger charge is -2.08. The number of anilines is 2. The highest BCUT2D eigenvalue weighted by atomic mass is 35.5. The molecule has 0 unspecified atom stereocenters. The van der Waals surface area contributed by atoms with Crippen LogP contribution in [0.3, 0.4) is 0 Å². The summed E-state index contributed by atoms with van der Waals surface area (Å²) < 4.78 is 0. The molecule has 0 atom stereocenters. The van der Waals surface area contributed by atoms with E-state index in [-0.39, 0.29) is 0 Å². The van der Waals surface area contributed by atoms with E-state index in [9.17, 15) is 0 Å².